The Balaban J connectivity index is 2.01. The monoisotopic (exact) mass is 256 g/mol. The molecular formula is C13H18F2N2O. The van der Waals surface area contributed by atoms with Gasteiger partial charge in [-0.15, -0.1) is 0 Å². The average Bonchev–Trinajstić information content (AvgIpc) is 2.33. The minimum atomic E-state index is -0.776. The van der Waals surface area contributed by atoms with E-state index in [1.165, 1.54) is 6.42 Å². The van der Waals surface area contributed by atoms with Crippen LogP contribution in [0.4, 0.5) is 14.5 Å². The molecule has 0 aliphatic carbocycles. The van der Waals surface area contributed by atoms with Crippen LogP contribution in [0.1, 0.15) is 19.3 Å². The van der Waals surface area contributed by atoms with Crippen LogP contribution in [-0.4, -0.2) is 31.1 Å². The molecule has 100 valence electrons. The van der Waals surface area contributed by atoms with Crippen molar-refractivity contribution in [2.75, 3.05) is 25.9 Å². The smallest absolute Gasteiger partial charge is 0.152 e. The van der Waals surface area contributed by atoms with Crippen molar-refractivity contribution < 1.29 is 13.5 Å². The highest BCUT2D eigenvalue weighted by Crippen LogP contribution is 2.26. The molecule has 1 atom stereocenters. The van der Waals surface area contributed by atoms with Gasteiger partial charge in [0.25, 0.3) is 0 Å². The first-order chi connectivity index (χ1) is 8.58. The molecule has 1 aromatic rings. The topological polar surface area (TPSA) is 38.5 Å². The summed E-state index contributed by atoms with van der Waals surface area (Å²) in [6.07, 6.45) is 3.38. The lowest BCUT2D eigenvalue weighted by Crippen LogP contribution is -2.40. The summed E-state index contributed by atoms with van der Waals surface area (Å²) in [4.78, 5) is 2.20. The van der Waals surface area contributed by atoms with Crippen molar-refractivity contribution in [1.82, 2.24) is 4.90 Å². The lowest BCUT2D eigenvalue weighted by Gasteiger charge is -2.32. The van der Waals surface area contributed by atoms with Gasteiger partial charge in [0.15, 0.2) is 5.82 Å². The standard InChI is InChI=1S/C13H18F2N2O/c1-17-5-3-2-4-10(17)8-18-12-7-9(14)6-11(15)13(12)16/h6-7,10H,2-5,8,16H2,1H3. The first kappa shape index (κ1) is 13.1. The second-order valence-corrected chi connectivity index (χ2v) is 4.74. The van der Waals surface area contributed by atoms with E-state index in [1.54, 1.807) is 0 Å². The number of likely N-dealkylation sites (tertiary alicyclic amines) is 1. The second-order valence-electron chi connectivity index (χ2n) is 4.74. The van der Waals surface area contributed by atoms with Crippen LogP contribution in [0, 0.1) is 11.6 Å². The first-order valence-corrected chi connectivity index (χ1v) is 6.15. The van der Waals surface area contributed by atoms with E-state index in [9.17, 15) is 8.78 Å². The van der Waals surface area contributed by atoms with Crippen LogP contribution in [0.3, 0.4) is 0 Å². The highest BCUT2D eigenvalue weighted by atomic mass is 19.1. The van der Waals surface area contributed by atoms with Crippen molar-refractivity contribution in [3.63, 3.8) is 0 Å². The highest BCUT2D eigenvalue weighted by Gasteiger charge is 2.20. The number of nitrogens with two attached hydrogens (primary N) is 1. The van der Waals surface area contributed by atoms with Gasteiger partial charge in [-0.2, -0.15) is 0 Å². The number of rotatable bonds is 3. The van der Waals surface area contributed by atoms with Gasteiger partial charge in [0.2, 0.25) is 0 Å². The molecule has 0 amide bonds. The average molecular weight is 256 g/mol. The zero-order valence-electron chi connectivity index (χ0n) is 10.5. The Labute approximate surface area is 106 Å². The number of likely N-dealkylation sites (N-methyl/N-ethyl adjacent to an activating group) is 1. The molecule has 0 bridgehead atoms. The molecular weight excluding hydrogens is 238 g/mol. The van der Waals surface area contributed by atoms with Crippen molar-refractivity contribution >= 4 is 5.69 Å². The molecule has 1 fully saturated rings. The zero-order chi connectivity index (χ0) is 13.1. The Morgan fingerprint density at radius 1 is 1.39 bits per heavy atom. The summed E-state index contributed by atoms with van der Waals surface area (Å²) in [7, 11) is 2.03. The molecule has 1 saturated heterocycles. The van der Waals surface area contributed by atoms with Crippen LogP contribution >= 0.6 is 0 Å². The summed E-state index contributed by atoms with van der Waals surface area (Å²) in [5.41, 5.74) is 5.39. The SMILES string of the molecule is CN1CCCCC1COc1cc(F)cc(F)c1N. The minimum Gasteiger partial charge on any atom is -0.490 e. The number of anilines is 1. The largest absolute Gasteiger partial charge is 0.490 e. The number of halogens is 2. The van der Waals surface area contributed by atoms with E-state index >= 15 is 0 Å². The molecule has 0 radical (unpaired) electrons. The highest BCUT2D eigenvalue weighted by molar-refractivity contribution is 5.53. The van der Waals surface area contributed by atoms with Crippen LogP contribution in [-0.2, 0) is 0 Å². The van der Waals surface area contributed by atoms with Gasteiger partial charge in [-0.05, 0) is 26.4 Å². The number of ether oxygens (including phenoxy) is 1. The van der Waals surface area contributed by atoms with E-state index < -0.39 is 11.6 Å². The summed E-state index contributed by atoms with van der Waals surface area (Å²) in [6, 6.07) is 2.17. The van der Waals surface area contributed by atoms with E-state index in [0.29, 0.717) is 6.61 Å². The van der Waals surface area contributed by atoms with Crippen LogP contribution in [0.15, 0.2) is 12.1 Å². The Morgan fingerprint density at radius 2 is 2.17 bits per heavy atom. The fourth-order valence-corrected chi connectivity index (χ4v) is 2.22. The number of benzene rings is 1. The third kappa shape index (κ3) is 2.90. The first-order valence-electron chi connectivity index (χ1n) is 6.15. The fraction of sp³-hybridized carbons (Fsp3) is 0.538. The predicted molar refractivity (Wildman–Crippen MR) is 66.5 cm³/mol. The third-order valence-electron chi connectivity index (χ3n) is 3.41. The summed E-state index contributed by atoms with van der Waals surface area (Å²) >= 11 is 0. The number of piperidine rings is 1. The molecule has 18 heavy (non-hydrogen) atoms. The van der Waals surface area contributed by atoms with Crippen molar-refractivity contribution in [3.05, 3.63) is 23.8 Å². The van der Waals surface area contributed by atoms with E-state index in [0.717, 1.165) is 31.5 Å². The molecule has 3 nitrogen and oxygen atoms in total. The van der Waals surface area contributed by atoms with Crippen molar-refractivity contribution in [2.24, 2.45) is 0 Å². The maximum Gasteiger partial charge on any atom is 0.152 e. The Hall–Kier alpha value is -1.36. The van der Waals surface area contributed by atoms with Gasteiger partial charge in [-0.3, -0.25) is 0 Å². The van der Waals surface area contributed by atoms with Gasteiger partial charge in [-0.1, -0.05) is 6.42 Å². The lowest BCUT2D eigenvalue weighted by atomic mass is 10.0. The number of hydrogen-bond acceptors (Lipinski definition) is 3. The maximum atomic E-state index is 13.2. The Bertz CT molecular complexity index is 426. The molecule has 1 unspecified atom stereocenters. The predicted octanol–water partition coefficient (Wildman–Crippen LogP) is 2.41. The molecule has 1 aliphatic heterocycles. The molecule has 5 heteroatoms. The number of hydrogen-bond donors (Lipinski definition) is 1. The van der Waals surface area contributed by atoms with Crippen molar-refractivity contribution in [3.8, 4) is 5.75 Å². The fourth-order valence-electron chi connectivity index (χ4n) is 2.22. The normalized spacial score (nSPS) is 20.9. The van der Waals surface area contributed by atoms with E-state index in [-0.39, 0.29) is 17.5 Å². The zero-order valence-corrected chi connectivity index (χ0v) is 10.5. The van der Waals surface area contributed by atoms with Crippen molar-refractivity contribution in [1.29, 1.82) is 0 Å². The summed E-state index contributed by atoms with van der Waals surface area (Å²) < 4.78 is 31.8. The third-order valence-corrected chi connectivity index (χ3v) is 3.41. The van der Waals surface area contributed by atoms with Crippen LogP contribution < -0.4 is 10.5 Å². The minimum absolute atomic E-state index is 0.0893. The van der Waals surface area contributed by atoms with Gasteiger partial charge in [-0.25, -0.2) is 8.78 Å². The van der Waals surface area contributed by atoms with E-state index in [4.69, 9.17) is 10.5 Å². The van der Waals surface area contributed by atoms with E-state index in [1.807, 2.05) is 7.05 Å². The number of nitrogens with zero attached hydrogens (tertiary/aromatic N) is 1. The van der Waals surface area contributed by atoms with E-state index in [2.05, 4.69) is 4.90 Å². The van der Waals surface area contributed by atoms with Crippen LogP contribution in [0.2, 0.25) is 0 Å². The van der Waals surface area contributed by atoms with Gasteiger partial charge in [0.1, 0.15) is 23.9 Å². The van der Waals surface area contributed by atoms with Crippen LogP contribution in [0.25, 0.3) is 0 Å². The van der Waals surface area contributed by atoms with Gasteiger partial charge >= 0.3 is 0 Å². The van der Waals surface area contributed by atoms with Crippen LogP contribution in [0.5, 0.6) is 5.75 Å². The summed E-state index contributed by atoms with van der Waals surface area (Å²) in [5.74, 6) is -1.36. The summed E-state index contributed by atoms with van der Waals surface area (Å²) in [5, 5.41) is 0. The molecule has 2 rings (SSSR count). The molecule has 0 saturated carbocycles. The molecule has 1 aromatic carbocycles. The lowest BCUT2D eigenvalue weighted by molar-refractivity contribution is 0.125. The molecule has 1 heterocycles. The maximum absolute atomic E-state index is 13.2. The van der Waals surface area contributed by atoms with Gasteiger partial charge < -0.3 is 15.4 Å². The summed E-state index contributed by atoms with van der Waals surface area (Å²) in [6.45, 7) is 1.44. The van der Waals surface area contributed by atoms with Gasteiger partial charge in [0, 0.05) is 18.2 Å². The van der Waals surface area contributed by atoms with Gasteiger partial charge in [0.05, 0.1) is 0 Å². The molecule has 1 aliphatic rings. The molecule has 2 N–H and O–H groups in total. The van der Waals surface area contributed by atoms with Crippen molar-refractivity contribution in [2.45, 2.75) is 25.3 Å². The molecule has 0 spiro atoms. The Kier molecular flexibility index (Phi) is 4.01. The number of nitrogen functional groups attached to an aromatic ring is 1. The second kappa shape index (κ2) is 5.52. The molecule has 0 aromatic heterocycles. The quantitative estimate of drug-likeness (QED) is 0.844. The Morgan fingerprint density at radius 3 is 2.89 bits per heavy atom.